The molecule has 0 bridgehead atoms. The standard InChI is InChI=1S/C25H31N3O2/c1-16(2)15-28-22(13-26)23(19-8-6-5-7-9-19)21-12-18(10-11-20(21)25(28)30)14-27-24(29)17(3)4/h5-12,16-17H,13-15,26H2,1-4H3,(H,27,29). The van der Waals surface area contributed by atoms with E-state index in [0.717, 1.165) is 27.8 Å². The summed E-state index contributed by atoms with van der Waals surface area (Å²) in [6, 6.07) is 15.9. The van der Waals surface area contributed by atoms with Gasteiger partial charge in [-0.15, -0.1) is 0 Å². The third-order valence-electron chi connectivity index (χ3n) is 5.24. The van der Waals surface area contributed by atoms with Crippen LogP contribution in [0.25, 0.3) is 21.9 Å². The first-order chi connectivity index (χ1) is 14.3. The Morgan fingerprint density at radius 2 is 1.73 bits per heavy atom. The monoisotopic (exact) mass is 405 g/mol. The second kappa shape index (κ2) is 9.26. The van der Waals surface area contributed by atoms with Crippen molar-refractivity contribution in [1.82, 2.24) is 9.88 Å². The van der Waals surface area contributed by atoms with E-state index in [0.29, 0.717) is 24.4 Å². The van der Waals surface area contributed by atoms with Crippen molar-refractivity contribution in [2.45, 2.75) is 47.3 Å². The zero-order valence-electron chi connectivity index (χ0n) is 18.2. The molecule has 1 amide bonds. The van der Waals surface area contributed by atoms with Crippen LogP contribution < -0.4 is 16.6 Å². The summed E-state index contributed by atoms with van der Waals surface area (Å²) < 4.78 is 1.83. The van der Waals surface area contributed by atoms with E-state index in [4.69, 9.17) is 5.73 Å². The number of benzene rings is 2. The second-order valence-electron chi connectivity index (χ2n) is 8.45. The highest BCUT2D eigenvalue weighted by Crippen LogP contribution is 2.31. The van der Waals surface area contributed by atoms with Crippen LogP contribution in [0.15, 0.2) is 53.3 Å². The first kappa shape index (κ1) is 21.8. The van der Waals surface area contributed by atoms with Crippen LogP contribution in [0, 0.1) is 11.8 Å². The van der Waals surface area contributed by atoms with Crippen molar-refractivity contribution in [2.24, 2.45) is 17.6 Å². The molecule has 0 aliphatic carbocycles. The Morgan fingerprint density at radius 3 is 2.33 bits per heavy atom. The number of hydrogen-bond acceptors (Lipinski definition) is 3. The van der Waals surface area contributed by atoms with Gasteiger partial charge in [-0.3, -0.25) is 9.59 Å². The SMILES string of the molecule is CC(C)Cn1c(CN)c(-c2ccccc2)c2cc(CNC(=O)C(C)C)ccc2c1=O. The van der Waals surface area contributed by atoms with Crippen LogP contribution in [0.4, 0.5) is 0 Å². The Kier molecular flexibility index (Phi) is 6.73. The predicted molar refractivity (Wildman–Crippen MR) is 123 cm³/mol. The van der Waals surface area contributed by atoms with Crippen LogP contribution in [0.3, 0.4) is 0 Å². The van der Waals surface area contributed by atoms with Crippen molar-refractivity contribution < 1.29 is 4.79 Å². The first-order valence-corrected chi connectivity index (χ1v) is 10.5. The van der Waals surface area contributed by atoms with Gasteiger partial charge in [0.2, 0.25) is 5.91 Å². The van der Waals surface area contributed by atoms with E-state index in [1.165, 1.54) is 0 Å². The molecule has 0 saturated heterocycles. The van der Waals surface area contributed by atoms with Crippen LogP contribution >= 0.6 is 0 Å². The summed E-state index contributed by atoms with van der Waals surface area (Å²) in [5.41, 5.74) is 9.98. The average Bonchev–Trinajstić information content (AvgIpc) is 2.73. The maximum atomic E-state index is 13.3. The number of carbonyl (C=O) groups is 1. The number of pyridine rings is 1. The number of nitrogens with two attached hydrogens (primary N) is 1. The lowest BCUT2D eigenvalue weighted by Gasteiger charge is -2.21. The maximum absolute atomic E-state index is 13.3. The lowest BCUT2D eigenvalue weighted by atomic mass is 9.95. The molecule has 1 heterocycles. The smallest absolute Gasteiger partial charge is 0.258 e. The van der Waals surface area contributed by atoms with Crippen molar-refractivity contribution in [2.75, 3.05) is 0 Å². The van der Waals surface area contributed by atoms with Gasteiger partial charge in [0, 0.05) is 42.2 Å². The van der Waals surface area contributed by atoms with Gasteiger partial charge in [0.25, 0.3) is 5.56 Å². The number of rotatable bonds is 7. The lowest BCUT2D eigenvalue weighted by molar-refractivity contribution is -0.124. The predicted octanol–water partition coefficient (Wildman–Crippen LogP) is 4.06. The summed E-state index contributed by atoms with van der Waals surface area (Å²) in [4.78, 5) is 25.3. The molecule has 3 rings (SSSR count). The van der Waals surface area contributed by atoms with Crippen molar-refractivity contribution in [1.29, 1.82) is 0 Å². The minimum Gasteiger partial charge on any atom is -0.352 e. The molecule has 5 nitrogen and oxygen atoms in total. The fourth-order valence-electron chi connectivity index (χ4n) is 3.74. The third kappa shape index (κ3) is 4.46. The van der Waals surface area contributed by atoms with E-state index in [1.54, 1.807) is 0 Å². The molecule has 158 valence electrons. The summed E-state index contributed by atoms with van der Waals surface area (Å²) >= 11 is 0. The van der Waals surface area contributed by atoms with E-state index in [2.05, 4.69) is 19.2 Å². The number of nitrogens with zero attached hydrogens (tertiary/aromatic N) is 1. The van der Waals surface area contributed by atoms with Crippen molar-refractivity contribution in [3.63, 3.8) is 0 Å². The lowest BCUT2D eigenvalue weighted by Crippen LogP contribution is -2.29. The van der Waals surface area contributed by atoms with Crippen molar-refractivity contribution in [3.05, 3.63) is 70.1 Å². The summed E-state index contributed by atoms with van der Waals surface area (Å²) in [5.74, 6) is 0.255. The highest BCUT2D eigenvalue weighted by Gasteiger charge is 2.18. The number of aromatic nitrogens is 1. The number of carbonyl (C=O) groups excluding carboxylic acids is 1. The number of fused-ring (bicyclic) bond motifs is 1. The second-order valence-corrected chi connectivity index (χ2v) is 8.45. The van der Waals surface area contributed by atoms with Gasteiger partial charge in [-0.1, -0.05) is 64.1 Å². The molecule has 5 heteroatoms. The minimum absolute atomic E-state index is 0.00776. The van der Waals surface area contributed by atoms with Gasteiger partial charge >= 0.3 is 0 Å². The molecule has 0 aliphatic rings. The van der Waals surface area contributed by atoms with Crippen molar-refractivity contribution >= 4 is 16.7 Å². The van der Waals surface area contributed by atoms with Gasteiger partial charge < -0.3 is 15.6 Å². The zero-order valence-corrected chi connectivity index (χ0v) is 18.2. The molecule has 0 saturated carbocycles. The van der Waals surface area contributed by atoms with E-state index in [1.807, 2.05) is 66.9 Å². The van der Waals surface area contributed by atoms with Crippen molar-refractivity contribution in [3.8, 4) is 11.1 Å². The molecule has 0 spiro atoms. The zero-order chi connectivity index (χ0) is 21.8. The van der Waals surface area contributed by atoms with Crippen LogP contribution in [0.1, 0.15) is 39.0 Å². The van der Waals surface area contributed by atoms with Crippen LogP contribution in [0.2, 0.25) is 0 Å². The Hall–Kier alpha value is -2.92. The molecule has 3 N–H and O–H groups in total. The summed E-state index contributed by atoms with van der Waals surface area (Å²) in [5, 5.41) is 4.51. The molecular weight excluding hydrogens is 374 g/mol. The minimum atomic E-state index is -0.0718. The Balaban J connectivity index is 2.25. The number of nitrogens with one attached hydrogen (secondary N) is 1. The fraction of sp³-hybridized carbons (Fsp3) is 0.360. The Bertz CT molecular complexity index is 1100. The van der Waals surface area contributed by atoms with E-state index >= 15 is 0 Å². The van der Waals surface area contributed by atoms with Gasteiger partial charge in [0.15, 0.2) is 0 Å². The largest absolute Gasteiger partial charge is 0.352 e. The van der Waals surface area contributed by atoms with Crippen LogP contribution in [0.5, 0.6) is 0 Å². The quantitative estimate of drug-likeness (QED) is 0.622. The van der Waals surface area contributed by atoms with Gasteiger partial charge in [-0.2, -0.15) is 0 Å². The maximum Gasteiger partial charge on any atom is 0.258 e. The normalized spacial score (nSPS) is 11.4. The molecular formula is C25H31N3O2. The Morgan fingerprint density at radius 1 is 1.03 bits per heavy atom. The highest BCUT2D eigenvalue weighted by atomic mass is 16.1. The van der Waals surface area contributed by atoms with E-state index < -0.39 is 0 Å². The van der Waals surface area contributed by atoms with Gasteiger partial charge in [-0.05, 0) is 34.6 Å². The van der Waals surface area contributed by atoms with Gasteiger partial charge in [0.05, 0.1) is 0 Å². The van der Waals surface area contributed by atoms with Crippen LogP contribution in [-0.2, 0) is 24.4 Å². The Labute approximate surface area is 177 Å². The van der Waals surface area contributed by atoms with Crippen LogP contribution in [-0.4, -0.2) is 10.5 Å². The molecule has 0 fully saturated rings. The number of amides is 1. The molecule has 0 radical (unpaired) electrons. The first-order valence-electron chi connectivity index (χ1n) is 10.5. The highest BCUT2D eigenvalue weighted by molar-refractivity contribution is 5.97. The molecule has 0 unspecified atom stereocenters. The average molecular weight is 406 g/mol. The molecule has 0 aliphatic heterocycles. The molecule has 0 atom stereocenters. The summed E-state index contributed by atoms with van der Waals surface area (Å²) in [6.07, 6.45) is 0. The number of hydrogen-bond donors (Lipinski definition) is 2. The van der Waals surface area contributed by atoms with Gasteiger partial charge in [-0.25, -0.2) is 0 Å². The van der Waals surface area contributed by atoms with E-state index in [9.17, 15) is 9.59 Å². The fourth-order valence-corrected chi connectivity index (χ4v) is 3.74. The van der Waals surface area contributed by atoms with E-state index in [-0.39, 0.29) is 23.9 Å². The molecule has 3 aromatic rings. The topological polar surface area (TPSA) is 77.1 Å². The molecule has 30 heavy (non-hydrogen) atoms. The van der Waals surface area contributed by atoms with Gasteiger partial charge in [0.1, 0.15) is 0 Å². The molecule has 1 aromatic heterocycles. The summed E-state index contributed by atoms with van der Waals surface area (Å²) in [6.45, 7) is 9.25. The summed E-state index contributed by atoms with van der Waals surface area (Å²) in [7, 11) is 0. The molecule has 2 aromatic carbocycles. The third-order valence-corrected chi connectivity index (χ3v) is 5.24.